The molecule has 0 spiro atoms. The topological polar surface area (TPSA) is 46.3 Å². The third-order valence-corrected chi connectivity index (χ3v) is 4.42. The second-order valence-electron chi connectivity index (χ2n) is 6.20. The molecule has 2 N–H and O–H groups in total. The van der Waals surface area contributed by atoms with Crippen molar-refractivity contribution in [3.8, 4) is 0 Å². The maximum atomic E-state index is 12.3. The molecule has 0 aliphatic heterocycles. The van der Waals surface area contributed by atoms with Gasteiger partial charge in [0.15, 0.2) is 0 Å². The Labute approximate surface area is 122 Å². The molecule has 0 aromatic heterocycles. The second kappa shape index (κ2) is 6.78. The molecule has 1 saturated carbocycles. The minimum Gasteiger partial charge on any atom is -0.399 e. The van der Waals surface area contributed by atoms with Crippen LogP contribution in [0.15, 0.2) is 24.3 Å². The van der Waals surface area contributed by atoms with Gasteiger partial charge in [-0.1, -0.05) is 31.9 Å². The zero-order chi connectivity index (χ0) is 14.5. The van der Waals surface area contributed by atoms with Crippen LogP contribution in [0.25, 0.3) is 0 Å². The summed E-state index contributed by atoms with van der Waals surface area (Å²) in [5.74, 6) is 1.21. The van der Waals surface area contributed by atoms with Gasteiger partial charge >= 0.3 is 0 Å². The van der Waals surface area contributed by atoms with Crippen LogP contribution in [-0.4, -0.2) is 24.4 Å². The van der Waals surface area contributed by atoms with Gasteiger partial charge in [0, 0.05) is 25.7 Å². The Hall–Kier alpha value is -1.51. The van der Waals surface area contributed by atoms with Crippen molar-refractivity contribution in [2.24, 2.45) is 5.92 Å². The standard InChI is InChI=1S/C17H26N2O/c1-13(15-7-9-16(18)10-8-15)11-17(20)19(2)12-14-5-3-4-6-14/h7-10,13-14H,3-6,11-12,18H2,1-2H3. The summed E-state index contributed by atoms with van der Waals surface area (Å²) in [5.41, 5.74) is 7.64. The number of nitrogens with two attached hydrogens (primary N) is 1. The van der Waals surface area contributed by atoms with Crippen molar-refractivity contribution in [3.05, 3.63) is 29.8 Å². The highest BCUT2D eigenvalue weighted by atomic mass is 16.2. The van der Waals surface area contributed by atoms with E-state index in [4.69, 9.17) is 5.73 Å². The minimum atomic E-state index is 0.245. The van der Waals surface area contributed by atoms with Crippen molar-refractivity contribution in [1.29, 1.82) is 0 Å². The number of carbonyl (C=O) groups is 1. The summed E-state index contributed by atoms with van der Waals surface area (Å²) in [6, 6.07) is 7.84. The first-order valence-corrected chi connectivity index (χ1v) is 7.65. The fourth-order valence-electron chi connectivity index (χ4n) is 3.04. The molecule has 1 aromatic rings. The van der Waals surface area contributed by atoms with Crippen molar-refractivity contribution in [2.45, 2.75) is 44.9 Å². The van der Waals surface area contributed by atoms with Crippen LogP contribution in [0, 0.1) is 5.92 Å². The van der Waals surface area contributed by atoms with Crippen LogP contribution >= 0.6 is 0 Å². The van der Waals surface area contributed by atoms with E-state index in [0.717, 1.165) is 18.2 Å². The highest BCUT2D eigenvalue weighted by Gasteiger charge is 2.20. The summed E-state index contributed by atoms with van der Waals surface area (Å²) < 4.78 is 0. The largest absolute Gasteiger partial charge is 0.399 e. The summed E-state index contributed by atoms with van der Waals surface area (Å²) in [6.45, 7) is 3.03. The fraction of sp³-hybridized carbons (Fsp3) is 0.588. The van der Waals surface area contributed by atoms with Crippen LogP contribution in [0.4, 0.5) is 5.69 Å². The molecule has 1 atom stereocenters. The zero-order valence-corrected chi connectivity index (χ0v) is 12.6. The van der Waals surface area contributed by atoms with E-state index in [9.17, 15) is 4.79 Å². The van der Waals surface area contributed by atoms with Gasteiger partial charge in [0.25, 0.3) is 0 Å². The molecular weight excluding hydrogens is 248 g/mol. The zero-order valence-electron chi connectivity index (χ0n) is 12.6. The van der Waals surface area contributed by atoms with E-state index in [1.165, 1.54) is 31.2 Å². The molecule has 0 saturated heterocycles. The molecule has 1 fully saturated rings. The van der Waals surface area contributed by atoms with E-state index in [2.05, 4.69) is 6.92 Å². The summed E-state index contributed by atoms with van der Waals surface area (Å²) in [4.78, 5) is 14.2. The smallest absolute Gasteiger partial charge is 0.222 e. The number of carbonyl (C=O) groups excluding carboxylic acids is 1. The van der Waals surface area contributed by atoms with Gasteiger partial charge in [-0.2, -0.15) is 0 Å². The Morgan fingerprint density at radius 2 is 1.90 bits per heavy atom. The first-order valence-electron chi connectivity index (χ1n) is 7.65. The summed E-state index contributed by atoms with van der Waals surface area (Å²) in [7, 11) is 1.94. The monoisotopic (exact) mass is 274 g/mol. The van der Waals surface area contributed by atoms with Crippen molar-refractivity contribution in [2.75, 3.05) is 19.3 Å². The first-order chi connectivity index (χ1) is 9.56. The molecule has 1 aliphatic carbocycles. The van der Waals surface area contributed by atoms with E-state index in [1.807, 2.05) is 36.2 Å². The quantitative estimate of drug-likeness (QED) is 0.836. The molecule has 3 heteroatoms. The first kappa shape index (κ1) is 14.9. The van der Waals surface area contributed by atoms with Gasteiger partial charge in [-0.05, 0) is 42.4 Å². The number of rotatable bonds is 5. The lowest BCUT2D eigenvalue weighted by Crippen LogP contribution is -2.31. The van der Waals surface area contributed by atoms with Gasteiger partial charge in [-0.3, -0.25) is 4.79 Å². The van der Waals surface area contributed by atoms with Crippen LogP contribution in [-0.2, 0) is 4.79 Å². The molecule has 0 heterocycles. The molecule has 0 bridgehead atoms. The Bertz CT molecular complexity index is 435. The summed E-state index contributed by atoms with van der Waals surface area (Å²) in [6.07, 6.45) is 5.80. The fourth-order valence-corrected chi connectivity index (χ4v) is 3.04. The van der Waals surface area contributed by atoms with E-state index in [1.54, 1.807) is 0 Å². The highest BCUT2D eigenvalue weighted by Crippen LogP contribution is 2.26. The molecule has 1 unspecified atom stereocenters. The number of hydrogen-bond donors (Lipinski definition) is 1. The SMILES string of the molecule is CC(CC(=O)N(C)CC1CCCC1)c1ccc(N)cc1. The van der Waals surface area contributed by atoms with Crippen molar-refractivity contribution < 1.29 is 4.79 Å². The van der Waals surface area contributed by atoms with E-state index in [0.29, 0.717) is 6.42 Å². The third kappa shape index (κ3) is 3.99. The Morgan fingerprint density at radius 1 is 1.30 bits per heavy atom. The van der Waals surface area contributed by atoms with E-state index < -0.39 is 0 Å². The van der Waals surface area contributed by atoms with E-state index in [-0.39, 0.29) is 11.8 Å². The number of amides is 1. The Morgan fingerprint density at radius 3 is 2.50 bits per heavy atom. The average Bonchev–Trinajstić information content (AvgIpc) is 2.92. The van der Waals surface area contributed by atoms with Crippen LogP contribution in [0.2, 0.25) is 0 Å². The number of nitrogens with zero attached hydrogens (tertiary/aromatic N) is 1. The molecule has 2 rings (SSSR count). The highest BCUT2D eigenvalue weighted by molar-refractivity contribution is 5.76. The molecule has 110 valence electrons. The minimum absolute atomic E-state index is 0.245. The predicted octanol–water partition coefficient (Wildman–Crippen LogP) is 3.41. The molecule has 1 aliphatic rings. The lowest BCUT2D eigenvalue weighted by atomic mass is 9.96. The molecule has 1 amide bonds. The number of benzene rings is 1. The maximum Gasteiger partial charge on any atom is 0.222 e. The van der Waals surface area contributed by atoms with Crippen molar-refractivity contribution in [1.82, 2.24) is 4.90 Å². The van der Waals surface area contributed by atoms with Crippen LogP contribution < -0.4 is 5.73 Å². The van der Waals surface area contributed by atoms with Crippen LogP contribution in [0.5, 0.6) is 0 Å². The van der Waals surface area contributed by atoms with Crippen molar-refractivity contribution >= 4 is 11.6 Å². The molecule has 3 nitrogen and oxygen atoms in total. The second-order valence-corrected chi connectivity index (χ2v) is 6.20. The lowest BCUT2D eigenvalue weighted by Gasteiger charge is -2.23. The summed E-state index contributed by atoms with van der Waals surface area (Å²) >= 11 is 0. The number of nitrogen functional groups attached to an aromatic ring is 1. The number of anilines is 1. The van der Waals surface area contributed by atoms with Gasteiger partial charge in [0.1, 0.15) is 0 Å². The summed E-state index contributed by atoms with van der Waals surface area (Å²) in [5, 5.41) is 0. The molecule has 0 radical (unpaired) electrons. The van der Waals surface area contributed by atoms with Gasteiger partial charge in [0.05, 0.1) is 0 Å². The maximum absolute atomic E-state index is 12.3. The van der Waals surface area contributed by atoms with Crippen LogP contribution in [0.3, 0.4) is 0 Å². The Kier molecular flexibility index (Phi) is 5.05. The molecule has 1 aromatic carbocycles. The lowest BCUT2D eigenvalue weighted by molar-refractivity contribution is -0.130. The predicted molar refractivity (Wildman–Crippen MR) is 83.5 cm³/mol. The third-order valence-electron chi connectivity index (χ3n) is 4.42. The van der Waals surface area contributed by atoms with Gasteiger partial charge in [-0.25, -0.2) is 0 Å². The van der Waals surface area contributed by atoms with Crippen molar-refractivity contribution in [3.63, 3.8) is 0 Å². The molecule has 20 heavy (non-hydrogen) atoms. The normalized spacial score (nSPS) is 17.1. The van der Waals surface area contributed by atoms with Gasteiger partial charge in [0.2, 0.25) is 5.91 Å². The molecular formula is C17H26N2O. The van der Waals surface area contributed by atoms with E-state index >= 15 is 0 Å². The average molecular weight is 274 g/mol. The van der Waals surface area contributed by atoms with Crippen LogP contribution in [0.1, 0.15) is 50.5 Å². The Balaban J connectivity index is 1.84. The van der Waals surface area contributed by atoms with Gasteiger partial charge < -0.3 is 10.6 Å². The number of hydrogen-bond acceptors (Lipinski definition) is 2. The van der Waals surface area contributed by atoms with Gasteiger partial charge in [-0.15, -0.1) is 0 Å².